The summed E-state index contributed by atoms with van der Waals surface area (Å²) in [5.41, 5.74) is -0.593. The first kappa shape index (κ1) is 15.3. The van der Waals surface area contributed by atoms with Crippen molar-refractivity contribution in [3.63, 3.8) is 0 Å². The second-order valence-corrected chi connectivity index (χ2v) is 6.48. The molecular formula is C16H28N2O2. The predicted octanol–water partition coefficient (Wildman–Crippen LogP) is 2.47. The monoisotopic (exact) mass is 280 g/mol. The van der Waals surface area contributed by atoms with Crippen molar-refractivity contribution in [2.45, 2.75) is 83.8 Å². The van der Waals surface area contributed by atoms with Crippen molar-refractivity contribution in [2.75, 3.05) is 0 Å². The van der Waals surface area contributed by atoms with Gasteiger partial charge in [0.1, 0.15) is 11.6 Å². The van der Waals surface area contributed by atoms with Gasteiger partial charge in [0, 0.05) is 6.04 Å². The molecule has 0 radical (unpaired) electrons. The van der Waals surface area contributed by atoms with Gasteiger partial charge in [-0.2, -0.15) is 0 Å². The minimum absolute atomic E-state index is 0.0179. The summed E-state index contributed by atoms with van der Waals surface area (Å²) >= 11 is 0. The first-order valence-corrected chi connectivity index (χ1v) is 8.11. The van der Waals surface area contributed by atoms with E-state index in [1.165, 1.54) is 0 Å². The number of nitrogens with zero attached hydrogens (tertiary/aromatic N) is 1. The molecule has 1 saturated heterocycles. The number of carbonyl (C=O) groups excluding carboxylic acids is 2. The van der Waals surface area contributed by atoms with Gasteiger partial charge in [0.15, 0.2) is 0 Å². The second kappa shape index (κ2) is 5.74. The Labute approximate surface area is 122 Å². The fraction of sp³-hybridized carbons (Fsp3) is 0.875. The van der Waals surface area contributed by atoms with Gasteiger partial charge in [-0.05, 0) is 32.6 Å². The van der Waals surface area contributed by atoms with Crippen LogP contribution in [0.15, 0.2) is 0 Å². The molecule has 0 aromatic carbocycles. The topological polar surface area (TPSA) is 49.4 Å². The van der Waals surface area contributed by atoms with Gasteiger partial charge in [-0.3, -0.25) is 9.59 Å². The van der Waals surface area contributed by atoms with E-state index in [0.29, 0.717) is 5.92 Å². The molecule has 1 spiro atoms. The standard InChI is InChI=1S/C16H28N2O2/c1-5-13(6-2)11(3)18-12(4)14(19)17-16(15(18)20)9-7-8-10-16/h11-13H,5-10H2,1-4H3,(H,17,19). The molecule has 2 fully saturated rings. The molecule has 2 atom stereocenters. The van der Waals surface area contributed by atoms with Crippen molar-refractivity contribution in [1.82, 2.24) is 10.2 Å². The zero-order valence-corrected chi connectivity index (χ0v) is 13.2. The average molecular weight is 280 g/mol. The summed E-state index contributed by atoms with van der Waals surface area (Å²) in [4.78, 5) is 27.2. The predicted molar refractivity (Wildman–Crippen MR) is 79.2 cm³/mol. The SMILES string of the molecule is CCC(CC)C(C)N1C(=O)C2(CCCC2)NC(=O)C1C. The molecule has 2 aliphatic rings. The first-order valence-electron chi connectivity index (χ1n) is 8.11. The van der Waals surface area contributed by atoms with Crippen molar-refractivity contribution in [3.8, 4) is 0 Å². The number of amides is 2. The molecule has 1 aliphatic heterocycles. The summed E-state index contributed by atoms with van der Waals surface area (Å²) in [7, 11) is 0. The Morgan fingerprint density at radius 2 is 1.80 bits per heavy atom. The Balaban J connectivity index is 2.28. The highest BCUT2D eigenvalue weighted by Gasteiger charge is 2.52. The third-order valence-corrected chi connectivity index (χ3v) is 5.43. The van der Waals surface area contributed by atoms with E-state index in [9.17, 15) is 9.59 Å². The molecule has 1 N–H and O–H groups in total. The Bertz CT molecular complexity index is 384. The number of hydrogen-bond acceptors (Lipinski definition) is 2. The number of carbonyl (C=O) groups is 2. The van der Waals surface area contributed by atoms with Gasteiger partial charge >= 0.3 is 0 Å². The van der Waals surface area contributed by atoms with E-state index in [0.717, 1.165) is 38.5 Å². The maximum Gasteiger partial charge on any atom is 0.249 e. The summed E-state index contributed by atoms with van der Waals surface area (Å²) in [5.74, 6) is 0.636. The van der Waals surface area contributed by atoms with Crippen LogP contribution >= 0.6 is 0 Å². The molecule has 20 heavy (non-hydrogen) atoms. The van der Waals surface area contributed by atoms with Crippen LogP contribution in [-0.4, -0.2) is 34.3 Å². The van der Waals surface area contributed by atoms with E-state index in [4.69, 9.17) is 0 Å². The van der Waals surface area contributed by atoms with Crippen molar-refractivity contribution >= 4 is 11.8 Å². The largest absolute Gasteiger partial charge is 0.340 e. The Morgan fingerprint density at radius 1 is 1.25 bits per heavy atom. The van der Waals surface area contributed by atoms with Gasteiger partial charge in [0.2, 0.25) is 11.8 Å². The molecule has 1 heterocycles. The van der Waals surface area contributed by atoms with Gasteiger partial charge in [-0.1, -0.05) is 39.5 Å². The Hall–Kier alpha value is -1.06. The van der Waals surface area contributed by atoms with E-state index in [2.05, 4.69) is 26.1 Å². The first-order chi connectivity index (χ1) is 9.46. The lowest BCUT2D eigenvalue weighted by Gasteiger charge is -2.47. The maximum atomic E-state index is 13.0. The molecule has 2 rings (SSSR count). The summed E-state index contributed by atoms with van der Waals surface area (Å²) in [5, 5.41) is 3.02. The van der Waals surface area contributed by atoms with Gasteiger partial charge in [0.25, 0.3) is 0 Å². The molecule has 1 aliphatic carbocycles. The molecule has 4 heteroatoms. The molecule has 0 aromatic heterocycles. The highest BCUT2D eigenvalue weighted by Crippen LogP contribution is 2.36. The molecule has 4 nitrogen and oxygen atoms in total. The van der Waals surface area contributed by atoms with Crippen LogP contribution in [0.3, 0.4) is 0 Å². The van der Waals surface area contributed by atoms with Gasteiger partial charge in [-0.25, -0.2) is 0 Å². The maximum absolute atomic E-state index is 13.0. The molecule has 0 bridgehead atoms. The number of piperazine rings is 1. The Kier molecular flexibility index (Phi) is 4.40. The lowest BCUT2D eigenvalue weighted by atomic mass is 9.86. The van der Waals surface area contributed by atoms with E-state index in [1.54, 1.807) is 0 Å². The highest BCUT2D eigenvalue weighted by molar-refractivity contribution is 6.00. The molecule has 1 saturated carbocycles. The zero-order chi connectivity index (χ0) is 14.9. The van der Waals surface area contributed by atoms with Crippen LogP contribution < -0.4 is 5.32 Å². The normalized spacial score (nSPS) is 27.2. The highest BCUT2D eigenvalue weighted by atomic mass is 16.2. The fourth-order valence-electron chi connectivity index (χ4n) is 4.00. The van der Waals surface area contributed by atoms with Gasteiger partial charge < -0.3 is 10.2 Å². The van der Waals surface area contributed by atoms with Crippen LogP contribution in [0.2, 0.25) is 0 Å². The van der Waals surface area contributed by atoms with Crippen LogP contribution in [-0.2, 0) is 9.59 Å². The molecular weight excluding hydrogens is 252 g/mol. The van der Waals surface area contributed by atoms with E-state index in [1.807, 2.05) is 11.8 Å². The van der Waals surface area contributed by atoms with E-state index < -0.39 is 5.54 Å². The summed E-state index contributed by atoms with van der Waals surface area (Å²) < 4.78 is 0. The van der Waals surface area contributed by atoms with Gasteiger partial charge in [0.05, 0.1) is 0 Å². The van der Waals surface area contributed by atoms with Crippen LogP contribution in [0, 0.1) is 5.92 Å². The summed E-state index contributed by atoms with van der Waals surface area (Å²) in [6, 6.07) is -0.208. The fourth-order valence-corrected chi connectivity index (χ4v) is 4.00. The zero-order valence-electron chi connectivity index (χ0n) is 13.2. The molecule has 0 aromatic rings. The third-order valence-electron chi connectivity index (χ3n) is 5.43. The smallest absolute Gasteiger partial charge is 0.249 e. The van der Waals surface area contributed by atoms with Crippen LogP contribution in [0.1, 0.15) is 66.2 Å². The van der Waals surface area contributed by atoms with Crippen molar-refractivity contribution in [3.05, 3.63) is 0 Å². The van der Waals surface area contributed by atoms with Crippen molar-refractivity contribution < 1.29 is 9.59 Å². The average Bonchev–Trinajstić information content (AvgIpc) is 2.88. The number of rotatable bonds is 4. The van der Waals surface area contributed by atoms with Crippen LogP contribution in [0.25, 0.3) is 0 Å². The van der Waals surface area contributed by atoms with Crippen molar-refractivity contribution in [2.24, 2.45) is 5.92 Å². The van der Waals surface area contributed by atoms with Crippen LogP contribution in [0.5, 0.6) is 0 Å². The van der Waals surface area contributed by atoms with Crippen LogP contribution in [0.4, 0.5) is 0 Å². The van der Waals surface area contributed by atoms with E-state index in [-0.39, 0.29) is 23.9 Å². The third kappa shape index (κ3) is 2.33. The lowest BCUT2D eigenvalue weighted by Crippen LogP contribution is -2.70. The molecule has 114 valence electrons. The minimum atomic E-state index is -0.593. The number of hydrogen-bond donors (Lipinski definition) is 1. The van der Waals surface area contributed by atoms with Gasteiger partial charge in [-0.15, -0.1) is 0 Å². The van der Waals surface area contributed by atoms with E-state index >= 15 is 0 Å². The quantitative estimate of drug-likeness (QED) is 0.860. The Morgan fingerprint density at radius 3 is 2.30 bits per heavy atom. The number of nitrogens with one attached hydrogen (secondary N) is 1. The summed E-state index contributed by atoms with van der Waals surface area (Å²) in [6.45, 7) is 8.28. The van der Waals surface area contributed by atoms with Crippen molar-refractivity contribution in [1.29, 1.82) is 0 Å². The second-order valence-electron chi connectivity index (χ2n) is 6.48. The minimum Gasteiger partial charge on any atom is -0.340 e. The molecule has 2 unspecified atom stereocenters. The summed E-state index contributed by atoms with van der Waals surface area (Å²) in [6.07, 6.45) is 5.76. The lowest BCUT2D eigenvalue weighted by molar-refractivity contribution is -0.158. The molecule has 2 amide bonds.